The fourth-order valence-electron chi connectivity index (χ4n) is 2.96. The molecule has 18 heavy (non-hydrogen) atoms. The maximum Gasteiger partial charge on any atom is 0.108 e. The van der Waals surface area contributed by atoms with Crippen LogP contribution in [0.2, 0.25) is 0 Å². The fraction of sp³-hybridized carbons (Fsp3) is 0.933. The van der Waals surface area contributed by atoms with E-state index in [-0.39, 0.29) is 11.1 Å². The molecule has 3 nitrogen and oxygen atoms in total. The molecule has 0 saturated heterocycles. The molecule has 0 amide bonds. The van der Waals surface area contributed by atoms with E-state index in [0.717, 1.165) is 32.2 Å². The Balaban J connectivity index is 2.78. The number of nitriles is 1. The maximum atomic E-state index is 9.50. The lowest BCUT2D eigenvalue weighted by atomic mass is 9.78. The molecule has 2 atom stereocenters. The second kappa shape index (κ2) is 6.04. The van der Waals surface area contributed by atoms with Crippen LogP contribution < -0.4 is 5.32 Å². The van der Waals surface area contributed by atoms with Gasteiger partial charge in [-0.2, -0.15) is 5.26 Å². The quantitative estimate of drug-likeness (QED) is 0.816. The monoisotopic (exact) mass is 251 g/mol. The van der Waals surface area contributed by atoms with Crippen molar-refractivity contribution >= 4 is 0 Å². The number of hydrogen-bond acceptors (Lipinski definition) is 3. The van der Waals surface area contributed by atoms with E-state index in [9.17, 15) is 5.26 Å². The van der Waals surface area contributed by atoms with Crippen molar-refractivity contribution in [2.24, 2.45) is 0 Å². The Bertz CT molecular complexity index is 301. The normalized spacial score (nSPS) is 29.3. The van der Waals surface area contributed by atoms with Gasteiger partial charge in [0.05, 0.1) is 6.07 Å². The molecule has 0 heterocycles. The summed E-state index contributed by atoms with van der Waals surface area (Å²) in [5.74, 6) is 0. The number of rotatable bonds is 5. The summed E-state index contributed by atoms with van der Waals surface area (Å²) in [5, 5.41) is 12.9. The lowest BCUT2D eigenvalue weighted by Crippen LogP contribution is -2.55. The molecular formula is C15H29N3. The Morgan fingerprint density at radius 3 is 2.61 bits per heavy atom. The molecule has 0 aromatic rings. The first kappa shape index (κ1) is 15.5. The lowest BCUT2D eigenvalue weighted by Gasteiger charge is -2.46. The van der Waals surface area contributed by atoms with Crippen LogP contribution in [-0.2, 0) is 0 Å². The minimum atomic E-state index is -0.296. The molecule has 1 saturated carbocycles. The van der Waals surface area contributed by atoms with Gasteiger partial charge >= 0.3 is 0 Å². The molecule has 2 unspecified atom stereocenters. The molecule has 0 bridgehead atoms. The van der Waals surface area contributed by atoms with Crippen molar-refractivity contribution < 1.29 is 0 Å². The van der Waals surface area contributed by atoms with E-state index in [1.54, 1.807) is 0 Å². The molecule has 0 aromatic carbocycles. The molecule has 1 aliphatic carbocycles. The standard InChI is InChI=1S/C15H29N3/c1-6-14(3,4)18(5)13-9-8-10-15(11-13,12-16)17-7-2/h13,17H,6-11H2,1-5H3. The van der Waals surface area contributed by atoms with E-state index in [2.05, 4.69) is 51.0 Å². The molecule has 1 fully saturated rings. The average Bonchev–Trinajstić information content (AvgIpc) is 2.38. The van der Waals surface area contributed by atoms with Gasteiger partial charge in [-0.05, 0) is 59.5 Å². The minimum Gasteiger partial charge on any atom is -0.300 e. The summed E-state index contributed by atoms with van der Waals surface area (Å²) < 4.78 is 0. The average molecular weight is 251 g/mol. The smallest absolute Gasteiger partial charge is 0.108 e. The van der Waals surface area contributed by atoms with E-state index in [1.165, 1.54) is 6.42 Å². The summed E-state index contributed by atoms with van der Waals surface area (Å²) in [7, 11) is 2.22. The summed E-state index contributed by atoms with van der Waals surface area (Å²) in [6, 6.07) is 3.06. The van der Waals surface area contributed by atoms with Gasteiger partial charge in [0.25, 0.3) is 0 Å². The Morgan fingerprint density at radius 2 is 2.11 bits per heavy atom. The van der Waals surface area contributed by atoms with Crippen LogP contribution in [0.25, 0.3) is 0 Å². The largest absolute Gasteiger partial charge is 0.300 e. The van der Waals surface area contributed by atoms with Gasteiger partial charge in [-0.1, -0.05) is 13.8 Å². The Hall–Kier alpha value is -0.590. The minimum absolute atomic E-state index is 0.218. The van der Waals surface area contributed by atoms with Crippen molar-refractivity contribution in [1.29, 1.82) is 5.26 Å². The molecule has 0 spiro atoms. The van der Waals surface area contributed by atoms with Gasteiger partial charge in [-0.3, -0.25) is 10.2 Å². The van der Waals surface area contributed by atoms with Crippen LogP contribution in [0.15, 0.2) is 0 Å². The second-order valence-electron chi connectivity index (χ2n) is 6.25. The summed E-state index contributed by atoms with van der Waals surface area (Å²) in [5.41, 5.74) is -0.0782. The van der Waals surface area contributed by atoms with E-state index < -0.39 is 0 Å². The highest BCUT2D eigenvalue weighted by atomic mass is 15.2. The number of nitrogens with zero attached hydrogens (tertiary/aromatic N) is 2. The van der Waals surface area contributed by atoms with Crippen LogP contribution in [0.3, 0.4) is 0 Å². The summed E-state index contributed by atoms with van der Waals surface area (Å²) >= 11 is 0. The van der Waals surface area contributed by atoms with Crippen molar-refractivity contribution in [3.05, 3.63) is 0 Å². The maximum absolute atomic E-state index is 9.50. The van der Waals surface area contributed by atoms with Gasteiger partial charge in [-0.25, -0.2) is 0 Å². The van der Waals surface area contributed by atoms with Gasteiger partial charge in [0.15, 0.2) is 0 Å². The van der Waals surface area contributed by atoms with Crippen LogP contribution >= 0.6 is 0 Å². The third kappa shape index (κ3) is 3.24. The van der Waals surface area contributed by atoms with Gasteiger partial charge in [0.1, 0.15) is 5.54 Å². The zero-order valence-electron chi connectivity index (χ0n) is 12.7. The van der Waals surface area contributed by atoms with Gasteiger partial charge < -0.3 is 0 Å². The zero-order valence-corrected chi connectivity index (χ0v) is 12.7. The fourth-order valence-corrected chi connectivity index (χ4v) is 2.96. The molecule has 1 N–H and O–H groups in total. The van der Waals surface area contributed by atoms with Crippen molar-refractivity contribution in [3.8, 4) is 6.07 Å². The molecule has 3 heteroatoms. The van der Waals surface area contributed by atoms with Crippen LogP contribution in [0.4, 0.5) is 0 Å². The number of hydrogen-bond donors (Lipinski definition) is 1. The molecule has 0 aliphatic heterocycles. The molecule has 104 valence electrons. The zero-order chi connectivity index (χ0) is 13.8. The number of nitrogens with one attached hydrogen (secondary N) is 1. The highest BCUT2D eigenvalue weighted by Gasteiger charge is 2.39. The Labute approximate surface area is 113 Å². The highest BCUT2D eigenvalue weighted by Crippen LogP contribution is 2.33. The first-order valence-corrected chi connectivity index (χ1v) is 7.30. The summed E-state index contributed by atoms with van der Waals surface area (Å²) in [6.45, 7) is 9.79. The topological polar surface area (TPSA) is 39.1 Å². The SMILES string of the molecule is CCNC1(C#N)CCCC(N(C)C(C)(C)CC)C1. The van der Waals surface area contributed by atoms with Crippen LogP contribution in [0.5, 0.6) is 0 Å². The first-order chi connectivity index (χ1) is 8.40. The van der Waals surface area contributed by atoms with Crippen molar-refractivity contribution in [1.82, 2.24) is 10.2 Å². The molecule has 1 aliphatic rings. The van der Waals surface area contributed by atoms with Crippen LogP contribution in [0.1, 0.15) is 59.8 Å². The third-order valence-corrected chi connectivity index (χ3v) is 4.82. The van der Waals surface area contributed by atoms with Crippen LogP contribution in [-0.4, -0.2) is 35.6 Å². The van der Waals surface area contributed by atoms with E-state index in [0.29, 0.717) is 6.04 Å². The molecular weight excluding hydrogens is 222 g/mol. The Morgan fingerprint density at radius 1 is 1.44 bits per heavy atom. The third-order valence-electron chi connectivity index (χ3n) is 4.82. The van der Waals surface area contributed by atoms with E-state index >= 15 is 0 Å². The van der Waals surface area contributed by atoms with Crippen molar-refractivity contribution in [2.45, 2.75) is 76.9 Å². The van der Waals surface area contributed by atoms with Crippen molar-refractivity contribution in [2.75, 3.05) is 13.6 Å². The lowest BCUT2D eigenvalue weighted by molar-refractivity contribution is 0.0562. The summed E-state index contributed by atoms with van der Waals surface area (Å²) in [4.78, 5) is 2.48. The highest BCUT2D eigenvalue weighted by molar-refractivity contribution is 5.11. The predicted octanol–water partition coefficient (Wildman–Crippen LogP) is 2.92. The predicted molar refractivity (Wildman–Crippen MR) is 76.4 cm³/mol. The van der Waals surface area contributed by atoms with Gasteiger partial charge in [0, 0.05) is 11.6 Å². The molecule has 1 rings (SSSR count). The second-order valence-corrected chi connectivity index (χ2v) is 6.25. The van der Waals surface area contributed by atoms with E-state index in [1.807, 2.05) is 0 Å². The van der Waals surface area contributed by atoms with Crippen molar-refractivity contribution in [3.63, 3.8) is 0 Å². The molecule has 0 aromatic heterocycles. The Kier molecular flexibility index (Phi) is 5.19. The van der Waals surface area contributed by atoms with Gasteiger partial charge in [-0.15, -0.1) is 0 Å². The van der Waals surface area contributed by atoms with Crippen LogP contribution in [0, 0.1) is 11.3 Å². The van der Waals surface area contributed by atoms with Gasteiger partial charge in [0.2, 0.25) is 0 Å². The first-order valence-electron chi connectivity index (χ1n) is 7.30. The summed E-state index contributed by atoms with van der Waals surface area (Å²) in [6.07, 6.45) is 5.45. The molecule has 0 radical (unpaired) electrons. The van der Waals surface area contributed by atoms with E-state index in [4.69, 9.17) is 0 Å².